The molecule has 0 saturated heterocycles. The van der Waals surface area contributed by atoms with Gasteiger partial charge < -0.3 is 26.0 Å². The van der Waals surface area contributed by atoms with Crippen LogP contribution in [-0.4, -0.2) is 39.6 Å². The molecule has 1 aromatic rings. The number of halogens is 3. The standard InChI is InChI=1S/C15H17F3N2O5/c16-15(17,18)9-3-1-2-8(6-9)14(25)5-4-10(19-12(21)22)11(7-14)20-13(23)24/h1-3,6,10-11,19-20,25H,4-5,7H2,(H,21,22)(H,23,24)/t10-,11-,14+/m1/s1. The van der Waals surface area contributed by atoms with E-state index in [4.69, 9.17) is 10.2 Å². The minimum atomic E-state index is -4.58. The predicted molar refractivity (Wildman–Crippen MR) is 79.1 cm³/mol. The van der Waals surface area contributed by atoms with E-state index in [0.29, 0.717) is 0 Å². The Morgan fingerprint density at radius 1 is 1.12 bits per heavy atom. The second kappa shape index (κ2) is 6.79. The number of nitrogens with one attached hydrogen (secondary N) is 2. The average Bonchev–Trinajstić information content (AvgIpc) is 2.48. The summed E-state index contributed by atoms with van der Waals surface area (Å²) in [5.41, 5.74) is -2.62. The Morgan fingerprint density at radius 3 is 2.28 bits per heavy atom. The number of benzene rings is 1. The summed E-state index contributed by atoms with van der Waals surface area (Å²) in [5, 5.41) is 32.8. The molecule has 1 fully saturated rings. The van der Waals surface area contributed by atoms with E-state index >= 15 is 0 Å². The van der Waals surface area contributed by atoms with E-state index in [-0.39, 0.29) is 24.8 Å². The number of alkyl halides is 3. The van der Waals surface area contributed by atoms with Gasteiger partial charge >= 0.3 is 18.4 Å². The average molecular weight is 362 g/mol. The van der Waals surface area contributed by atoms with Gasteiger partial charge in [0.05, 0.1) is 23.2 Å². The van der Waals surface area contributed by atoms with E-state index < -0.39 is 41.6 Å². The molecule has 10 heteroatoms. The number of carboxylic acid groups (broad SMARTS) is 2. The molecule has 0 aliphatic heterocycles. The summed E-state index contributed by atoms with van der Waals surface area (Å²) >= 11 is 0. The summed E-state index contributed by atoms with van der Waals surface area (Å²) in [7, 11) is 0. The molecule has 7 nitrogen and oxygen atoms in total. The molecule has 1 aromatic carbocycles. The largest absolute Gasteiger partial charge is 0.465 e. The van der Waals surface area contributed by atoms with Crippen LogP contribution < -0.4 is 10.6 Å². The molecule has 138 valence electrons. The summed E-state index contributed by atoms with van der Waals surface area (Å²) in [6, 6.07) is 2.41. The molecular weight excluding hydrogens is 345 g/mol. The Morgan fingerprint density at radius 2 is 1.72 bits per heavy atom. The number of hydrogen-bond acceptors (Lipinski definition) is 3. The molecule has 25 heavy (non-hydrogen) atoms. The summed E-state index contributed by atoms with van der Waals surface area (Å²) < 4.78 is 38.6. The first-order chi connectivity index (χ1) is 11.5. The van der Waals surface area contributed by atoms with Gasteiger partial charge in [-0.3, -0.25) is 0 Å². The molecule has 0 unspecified atom stereocenters. The topological polar surface area (TPSA) is 119 Å². The number of carbonyl (C=O) groups is 2. The van der Waals surface area contributed by atoms with Crippen LogP contribution in [-0.2, 0) is 11.8 Å². The molecule has 3 atom stereocenters. The quantitative estimate of drug-likeness (QED) is 0.566. The van der Waals surface area contributed by atoms with Crippen LogP contribution in [0.15, 0.2) is 24.3 Å². The summed E-state index contributed by atoms with van der Waals surface area (Å²) in [4.78, 5) is 21.7. The SMILES string of the molecule is O=C(O)N[C@@H]1CC[C@@](O)(c2cccc(C(F)(F)F)c2)C[C@H]1NC(=O)O. The number of aliphatic hydroxyl groups is 1. The second-order valence-electron chi connectivity index (χ2n) is 5.96. The maximum atomic E-state index is 12.9. The van der Waals surface area contributed by atoms with Gasteiger partial charge in [0.25, 0.3) is 0 Å². The van der Waals surface area contributed by atoms with Gasteiger partial charge in [0.1, 0.15) is 0 Å². The van der Waals surface area contributed by atoms with Gasteiger partial charge in [-0.1, -0.05) is 12.1 Å². The van der Waals surface area contributed by atoms with E-state index in [0.717, 1.165) is 18.2 Å². The van der Waals surface area contributed by atoms with Crippen molar-refractivity contribution in [2.75, 3.05) is 0 Å². The Labute approximate surface area is 140 Å². The predicted octanol–water partition coefficient (Wildman–Crippen LogP) is 2.35. The number of rotatable bonds is 3. The van der Waals surface area contributed by atoms with Crippen LogP contribution >= 0.6 is 0 Å². The Kier molecular flexibility index (Phi) is 5.12. The van der Waals surface area contributed by atoms with Crippen LogP contribution in [0.2, 0.25) is 0 Å². The smallest absolute Gasteiger partial charge is 0.416 e. The van der Waals surface area contributed by atoms with Crippen LogP contribution in [0.3, 0.4) is 0 Å². The van der Waals surface area contributed by atoms with E-state index in [1.807, 2.05) is 0 Å². The zero-order chi connectivity index (χ0) is 18.8. The maximum Gasteiger partial charge on any atom is 0.416 e. The summed E-state index contributed by atoms with van der Waals surface area (Å²) in [6.45, 7) is 0. The Bertz CT molecular complexity index is 667. The number of hydrogen-bond donors (Lipinski definition) is 5. The molecule has 0 radical (unpaired) electrons. The molecule has 0 aromatic heterocycles. The minimum Gasteiger partial charge on any atom is -0.465 e. The van der Waals surface area contributed by atoms with Crippen LogP contribution in [0, 0.1) is 0 Å². The minimum absolute atomic E-state index is 0.00767. The zero-order valence-corrected chi connectivity index (χ0v) is 12.9. The van der Waals surface area contributed by atoms with Gasteiger partial charge in [-0.05, 0) is 30.5 Å². The molecular formula is C15H17F3N2O5. The second-order valence-corrected chi connectivity index (χ2v) is 5.96. The summed E-state index contributed by atoms with van der Waals surface area (Å²) in [5.74, 6) is 0. The van der Waals surface area contributed by atoms with E-state index in [9.17, 15) is 27.9 Å². The lowest BCUT2D eigenvalue weighted by atomic mass is 9.74. The van der Waals surface area contributed by atoms with Crippen molar-refractivity contribution in [3.63, 3.8) is 0 Å². The lowest BCUT2D eigenvalue weighted by Crippen LogP contribution is -2.57. The third kappa shape index (κ3) is 4.53. The van der Waals surface area contributed by atoms with Gasteiger partial charge in [0.2, 0.25) is 0 Å². The van der Waals surface area contributed by atoms with Crippen molar-refractivity contribution in [2.45, 2.75) is 43.1 Å². The fourth-order valence-electron chi connectivity index (χ4n) is 3.09. The monoisotopic (exact) mass is 362 g/mol. The van der Waals surface area contributed by atoms with Crippen LogP contribution in [0.5, 0.6) is 0 Å². The molecule has 2 amide bonds. The molecule has 2 rings (SSSR count). The highest BCUT2D eigenvalue weighted by molar-refractivity contribution is 5.67. The van der Waals surface area contributed by atoms with Gasteiger partial charge in [-0.15, -0.1) is 0 Å². The van der Waals surface area contributed by atoms with Crippen molar-refractivity contribution >= 4 is 12.2 Å². The van der Waals surface area contributed by atoms with E-state index in [2.05, 4.69) is 10.6 Å². The van der Waals surface area contributed by atoms with Gasteiger partial charge in [0.15, 0.2) is 0 Å². The molecule has 1 saturated carbocycles. The third-order valence-electron chi connectivity index (χ3n) is 4.26. The Balaban J connectivity index is 2.29. The maximum absolute atomic E-state index is 12.9. The number of amides is 2. The first-order valence-corrected chi connectivity index (χ1v) is 7.40. The van der Waals surface area contributed by atoms with Crippen molar-refractivity contribution in [1.82, 2.24) is 10.6 Å². The molecule has 0 spiro atoms. The normalized spacial score (nSPS) is 26.7. The van der Waals surface area contributed by atoms with Crippen LogP contribution in [0.25, 0.3) is 0 Å². The third-order valence-corrected chi connectivity index (χ3v) is 4.26. The lowest BCUT2D eigenvalue weighted by Gasteiger charge is -2.41. The van der Waals surface area contributed by atoms with Gasteiger partial charge in [-0.25, -0.2) is 9.59 Å². The lowest BCUT2D eigenvalue weighted by molar-refractivity contribution is -0.137. The molecule has 0 bridgehead atoms. The van der Waals surface area contributed by atoms with Crippen molar-refractivity contribution in [3.8, 4) is 0 Å². The first-order valence-electron chi connectivity index (χ1n) is 7.40. The highest BCUT2D eigenvalue weighted by Gasteiger charge is 2.43. The highest BCUT2D eigenvalue weighted by atomic mass is 19.4. The zero-order valence-electron chi connectivity index (χ0n) is 12.9. The first kappa shape index (κ1) is 18.8. The van der Waals surface area contributed by atoms with Crippen LogP contribution in [0.4, 0.5) is 22.8 Å². The van der Waals surface area contributed by atoms with E-state index in [1.165, 1.54) is 6.07 Å². The van der Waals surface area contributed by atoms with Crippen molar-refractivity contribution in [3.05, 3.63) is 35.4 Å². The Hall–Kier alpha value is -2.49. The van der Waals surface area contributed by atoms with E-state index in [1.54, 1.807) is 0 Å². The fraction of sp³-hybridized carbons (Fsp3) is 0.467. The molecule has 1 aliphatic rings. The molecule has 0 heterocycles. The molecule has 1 aliphatic carbocycles. The van der Waals surface area contributed by atoms with Gasteiger partial charge in [0, 0.05) is 6.42 Å². The fourth-order valence-corrected chi connectivity index (χ4v) is 3.09. The van der Waals surface area contributed by atoms with Crippen LogP contribution in [0.1, 0.15) is 30.4 Å². The van der Waals surface area contributed by atoms with Gasteiger partial charge in [-0.2, -0.15) is 13.2 Å². The van der Waals surface area contributed by atoms with Crippen molar-refractivity contribution < 1.29 is 38.1 Å². The molecule has 5 N–H and O–H groups in total. The van der Waals surface area contributed by atoms with Crippen molar-refractivity contribution in [1.29, 1.82) is 0 Å². The van der Waals surface area contributed by atoms with Crippen molar-refractivity contribution in [2.24, 2.45) is 0 Å². The summed E-state index contributed by atoms with van der Waals surface area (Å²) in [6.07, 6.45) is -7.57. The highest BCUT2D eigenvalue weighted by Crippen LogP contribution is 2.39.